The maximum Gasteiger partial charge on any atom is 0.271 e. The van der Waals surface area contributed by atoms with Crippen LogP contribution in [0.15, 0.2) is 24.1 Å². The van der Waals surface area contributed by atoms with Crippen LogP contribution in [0.4, 0.5) is 0 Å². The van der Waals surface area contributed by atoms with Crippen LogP contribution in [0, 0.1) is 6.92 Å². The van der Waals surface area contributed by atoms with Gasteiger partial charge in [-0.2, -0.15) is 0 Å². The van der Waals surface area contributed by atoms with Crippen LogP contribution in [-0.4, -0.2) is 26.5 Å². The molecule has 0 spiro atoms. The first-order chi connectivity index (χ1) is 9.24. The van der Waals surface area contributed by atoms with Crippen LogP contribution in [0.1, 0.15) is 40.8 Å². The number of nitrogens with zero attached hydrogens (tertiary/aromatic N) is 3. The van der Waals surface area contributed by atoms with E-state index in [-0.39, 0.29) is 11.9 Å². The topological polar surface area (TPSA) is 59.8 Å². The fourth-order valence-corrected chi connectivity index (χ4v) is 3.23. The maximum atomic E-state index is 12.1. The van der Waals surface area contributed by atoms with E-state index in [1.807, 2.05) is 24.8 Å². The Kier molecular flexibility index (Phi) is 3.33. The first-order valence-electron chi connectivity index (χ1n) is 6.44. The molecule has 0 aromatic carbocycles. The summed E-state index contributed by atoms with van der Waals surface area (Å²) in [6.45, 7) is 1.91. The molecule has 1 saturated carbocycles. The van der Waals surface area contributed by atoms with E-state index in [1.54, 1.807) is 6.20 Å². The van der Waals surface area contributed by atoms with E-state index in [2.05, 4.69) is 19.9 Å². The maximum absolute atomic E-state index is 12.1. The third kappa shape index (κ3) is 2.53. The Labute approximate surface area is 115 Å². The van der Waals surface area contributed by atoms with Gasteiger partial charge in [0, 0.05) is 23.8 Å². The zero-order valence-corrected chi connectivity index (χ0v) is 11.6. The van der Waals surface area contributed by atoms with Gasteiger partial charge in [0.15, 0.2) is 0 Å². The van der Waals surface area contributed by atoms with E-state index in [1.165, 1.54) is 11.3 Å². The van der Waals surface area contributed by atoms with Crippen LogP contribution < -0.4 is 5.32 Å². The second-order valence-corrected chi connectivity index (χ2v) is 5.90. The van der Waals surface area contributed by atoms with Crippen LogP contribution in [-0.2, 0) is 0 Å². The highest BCUT2D eigenvalue weighted by Crippen LogP contribution is 2.30. The minimum atomic E-state index is -0.0682. The highest BCUT2D eigenvalue weighted by molar-refractivity contribution is 7.09. The van der Waals surface area contributed by atoms with Gasteiger partial charge in [0.25, 0.3) is 5.91 Å². The fourth-order valence-electron chi connectivity index (χ4n) is 2.64. The van der Waals surface area contributed by atoms with Gasteiger partial charge >= 0.3 is 0 Å². The molecular formula is C13H16N4OS. The molecule has 1 amide bonds. The number of thiazole rings is 1. The molecule has 2 heterocycles. The van der Waals surface area contributed by atoms with Crippen molar-refractivity contribution in [2.75, 3.05) is 0 Å². The molecule has 1 aliphatic rings. The first-order valence-corrected chi connectivity index (χ1v) is 7.32. The van der Waals surface area contributed by atoms with Gasteiger partial charge < -0.3 is 9.88 Å². The number of carbonyl (C=O) groups is 1. The molecule has 0 bridgehead atoms. The molecule has 1 aliphatic carbocycles. The van der Waals surface area contributed by atoms with Crippen molar-refractivity contribution in [3.05, 3.63) is 34.8 Å². The van der Waals surface area contributed by atoms with Crippen molar-refractivity contribution >= 4 is 17.2 Å². The number of aryl methyl sites for hydroxylation is 1. The predicted octanol–water partition coefficient (Wildman–Crippen LogP) is 2.17. The Hall–Kier alpha value is -1.69. The second-order valence-electron chi connectivity index (χ2n) is 4.84. The van der Waals surface area contributed by atoms with Crippen LogP contribution in [0.2, 0.25) is 0 Å². The van der Waals surface area contributed by atoms with Crippen LogP contribution in [0.5, 0.6) is 0 Å². The minimum absolute atomic E-state index is 0.0682. The summed E-state index contributed by atoms with van der Waals surface area (Å²) in [5.41, 5.74) is 0.527. The van der Waals surface area contributed by atoms with Gasteiger partial charge in [-0.25, -0.2) is 9.97 Å². The SMILES string of the molecule is Cc1nc(C(=O)NC2CCCC2n2ccnc2)cs1. The van der Waals surface area contributed by atoms with Crippen molar-refractivity contribution in [3.63, 3.8) is 0 Å². The summed E-state index contributed by atoms with van der Waals surface area (Å²) in [7, 11) is 0. The third-order valence-corrected chi connectivity index (χ3v) is 4.33. The highest BCUT2D eigenvalue weighted by Gasteiger charge is 2.30. The number of nitrogens with one attached hydrogen (secondary N) is 1. The van der Waals surface area contributed by atoms with E-state index < -0.39 is 0 Å². The van der Waals surface area contributed by atoms with Crippen molar-refractivity contribution < 1.29 is 4.79 Å². The predicted molar refractivity (Wildman–Crippen MR) is 73.2 cm³/mol. The Morgan fingerprint density at radius 1 is 1.53 bits per heavy atom. The van der Waals surface area contributed by atoms with Crippen molar-refractivity contribution in [1.82, 2.24) is 19.9 Å². The van der Waals surface area contributed by atoms with Gasteiger partial charge in [0.05, 0.1) is 17.4 Å². The fraction of sp³-hybridized carbons (Fsp3) is 0.462. The van der Waals surface area contributed by atoms with Gasteiger partial charge in [0.1, 0.15) is 5.69 Å². The van der Waals surface area contributed by atoms with E-state index in [4.69, 9.17) is 0 Å². The number of imidazole rings is 1. The average Bonchev–Trinajstić information content (AvgIpc) is 3.07. The standard InChI is InChI=1S/C13H16N4OS/c1-9-15-11(7-19-9)13(18)16-10-3-2-4-12(10)17-6-5-14-8-17/h5-8,10,12H,2-4H2,1H3,(H,16,18). The van der Waals surface area contributed by atoms with E-state index >= 15 is 0 Å². The zero-order chi connectivity index (χ0) is 13.2. The quantitative estimate of drug-likeness (QED) is 0.934. The number of hydrogen-bond acceptors (Lipinski definition) is 4. The van der Waals surface area contributed by atoms with Gasteiger partial charge in [-0.3, -0.25) is 4.79 Å². The molecule has 2 aromatic rings. The molecule has 0 aliphatic heterocycles. The normalized spacial score (nSPS) is 22.6. The smallest absolute Gasteiger partial charge is 0.271 e. The van der Waals surface area contributed by atoms with E-state index in [0.29, 0.717) is 11.7 Å². The van der Waals surface area contributed by atoms with Gasteiger partial charge in [0.2, 0.25) is 0 Å². The molecule has 100 valence electrons. The Morgan fingerprint density at radius 3 is 3.11 bits per heavy atom. The molecule has 19 heavy (non-hydrogen) atoms. The second kappa shape index (κ2) is 5.13. The van der Waals surface area contributed by atoms with Crippen molar-refractivity contribution in [2.24, 2.45) is 0 Å². The molecular weight excluding hydrogens is 260 g/mol. The molecule has 2 unspecified atom stereocenters. The summed E-state index contributed by atoms with van der Waals surface area (Å²) in [6.07, 6.45) is 8.78. The molecule has 2 atom stereocenters. The Balaban J connectivity index is 1.70. The lowest BCUT2D eigenvalue weighted by Gasteiger charge is -2.21. The van der Waals surface area contributed by atoms with Crippen molar-refractivity contribution in [3.8, 4) is 0 Å². The van der Waals surface area contributed by atoms with Gasteiger partial charge in [-0.05, 0) is 26.2 Å². The first kappa shape index (κ1) is 12.3. The monoisotopic (exact) mass is 276 g/mol. The third-order valence-electron chi connectivity index (χ3n) is 3.56. The van der Waals surface area contributed by atoms with Crippen molar-refractivity contribution in [1.29, 1.82) is 0 Å². The van der Waals surface area contributed by atoms with Gasteiger partial charge in [-0.15, -0.1) is 11.3 Å². The molecule has 0 saturated heterocycles. The number of rotatable bonds is 3. The summed E-state index contributed by atoms with van der Waals surface area (Å²) in [6, 6.07) is 0.481. The number of amides is 1. The number of aromatic nitrogens is 3. The molecule has 6 heteroatoms. The summed E-state index contributed by atoms with van der Waals surface area (Å²) in [5.74, 6) is -0.0682. The number of hydrogen-bond donors (Lipinski definition) is 1. The summed E-state index contributed by atoms with van der Waals surface area (Å²) in [5, 5.41) is 5.83. The lowest BCUT2D eigenvalue weighted by Crippen LogP contribution is -2.38. The molecule has 0 radical (unpaired) electrons. The summed E-state index contributed by atoms with van der Waals surface area (Å²) < 4.78 is 2.09. The average molecular weight is 276 g/mol. The Morgan fingerprint density at radius 2 is 2.42 bits per heavy atom. The summed E-state index contributed by atoms with van der Waals surface area (Å²) in [4.78, 5) is 20.4. The van der Waals surface area contributed by atoms with Crippen LogP contribution >= 0.6 is 11.3 Å². The molecule has 5 nitrogen and oxygen atoms in total. The summed E-state index contributed by atoms with van der Waals surface area (Å²) >= 11 is 1.50. The molecule has 1 fully saturated rings. The highest BCUT2D eigenvalue weighted by atomic mass is 32.1. The minimum Gasteiger partial charge on any atom is -0.346 e. The van der Waals surface area contributed by atoms with Crippen LogP contribution in [0.3, 0.4) is 0 Å². The lowest BCUT2D eigenvalue weighted by atomic mass is 10.1. The van der Waals surface area contributed by atoms with E-state index in [9.17, 15) is 4.79 Å². The van der Waals surface area contributed by atoms with Crippen LogP contribution in [0.25, 0.3) is 0 Å². The zero-order valence-electron chi connectivity index (χ0n) is 10.7. The number of carbonyl (C=O) groups excluding carboxylic acids is 1. The molecule has 1 N–H and O–H groups in total. The van der Waals surface area contributed by atoms with Crippen molar-refractivity contribution in [2.45, 2.75) is 38.3 Å². The lowest BCUT2D eigenvalue weighted by molar-refractivity contribution is 0.0924. The largest absolute Gasteiger partial charge is 0.346 e. The van der Waals surface area contributed by atoms with Gasteiger partial charge in [-0.1, -0.05) is 0 Å². The molecule has 3 rings (SSSR count). The molecule has 2 aromatic heterocycles. The Bertz CT molecular complexity index is 563. The van der Waals surface area contributed by atoms with E-state index in [0.717, 1.165) is 24.3 Å².